The highest BCUT2D eigenvalue weighted by molar-refractivity contribution is 7.99. The lowest BCUT2D eigenvalue weighted by Crippen LogP contribution is -2.43. The van der Waals surface area contributed by atoms with E-state index in [1.54, 1.807) is 31.2 Å². The Morgan fingerprint density at radius 2 is 2.03 bits per heavy atom. The summed E-state index contributed by atoms with van der Waals surface area (Å²) in [6, 6.07) is 12.2. The maximum absolute atomic E-state index is 12.7. The van der Waals surface area contributed by atoms with E-state index < -0.39 is 12.7 Å². The highest BCUT2D eigenvalue weighted by Gasteiger charge is 2.33. The largest absolute Gasteiger partial charge is 0.490 e. The minimum absolute atomic E-state index is 0.0918. The van der Waals surface area contributed by atoms with E-state index in [2.05, 4.69) is 10.1 Å². The number of alkyl halides is 2. The normalized spacial score (nSPS) is 15.5. The molecular formula is C23H21F2N3O4S. The SMILES string of the molecule is CCOc1cc(/C=C/C(=O)N2CSCC2C(=O)Nc2ccc(C#N)cc2)ccc1OC(F)F. The topological polar surface area (TPSA) is 91.7 Å². The number of anilines is 1. The standard InChI is InChI=1S/C23H21F2N3O4S/c1-2-31-20-11-15(5-9-19(20)32-23(24)25)6-10-21(29)28-14-33-13-18(28)22(30)27-17-7-3-16(12-26)4-8-17/h3-11,18,23H,2,13-14H2,1H3,(H,27,30)/b10-6+. The summed E-state index contributed by atoms with van der Waals surface area (Å²) in [5.74, 6) is 0.189. The van der Waals surface area contributed by atoms with Gasteiger partial charge in [0, 0.05) is 17.5 Å². The van der Waals surface area contributed by atoms with Crippen LogP contribution < -0.4 is 14.8 Å². The van der Waals surface area contributed by atoms with Gasteiger partial charge in [-0.25, -0.2) is 0 Å². The summed E-state index contributed by atoms with van der Waals surface area (Å²) in [7, 11) is 0. The zero-order valence-electron chi connectivity index (χ0n) is 17.7. The van der Waals surface area contributed by atoms with Gasteiger partial charge in [0.05, 0.1) is 24.1 Å². The number of thioether (sulfide) groups is 1. The molecule has 7 nitrogen and oxygen atoms in total. The number of ether oxygens (including phenoxy) is 2. The van der Waals surface area contributed by atoms with Gasteiger partial charge < -0.3 is 19.7 Å². The van der Waals surface area contributed by atoms with E-state index in [9.17, 15) is 18.4 Å². The Labute approximate surface area is 194 Å². The average Bonchev–Trinajstić information content (AvgIpc) is 3.30. The molecule has 33 heavy (non-hydrogen) atoms. The van der Waals surface area contributed by atoms with Crippen molar-refractivity contribution in [3.63, 3.8) is 0 Å². The van der Waals surface area contributed by atoms with Crippen LogP contribution in [0.2, 0.25) is 0 Å². The van der Waals surface area contributed by atoms with Crippen LogP contribution in [-0.4, -0.2) is 47.6 Å². The Morgan fingerprint density at radius 3 is 2.70 bits per heavy atom. The highest BCUT2D eigenvalue weighted by atomic mass is 32.2. The summed E-state index contributed by atoms with van der Waals surface area (Å²) in [6.45, 7) is -1.01. The summed E-state index contributed by atoms with van der Waals surface area (Å²) < 4.78 is 34.9. The average molecular weight is 474 g/mol. The van der Waals surface area contributed by atoms with Gasteiger partial charge in [0.2, 0.25) is 11.8 Å². The van der Waals surface area contributed by atoms with Crippen molar-refractivity contribution in [2.75, 3.05) is 23.6 Å². The molecule has 1 N–H and O–H groups in total. The molecule has 2 aromatic rings. The molecule has 2 amide bonds. The molecule has 10 heteroatoms. The van der Waals surface area contributed by atoms with Crippen molar-refractivity contribution in [1.29, 1.82) is 5.26 Å². The number of carbonyl (C=O) groups is 2. The zero-order chi connectivity index (χ0) is 23.8. The van der Waals surface area contributed by atoms with Crippen LogP contribution in [0.3, 0.4) is 0 Å². The van der Waals surface area contributed by atoms with E-state index in [0.29, 0.717) is 28.4 Å². The Bertz CT molecular complexity index is 1070. The molecule has 0 radical (unpaired) electrons. The molecule has 0 aliphatic carbocycles. The van der Waals surface area contributed by atoms with Crippen molar-refractivity contribution in [2.45, 2.75) is 19.6 Å². The van der Waals surface area contributed by atoms with E-state index in [0.717, 1.165) is 0 Å². The highest BCUT2D eigenvalue weighted by Crippen LogP contribution is 2.30. The summed E-state index contributed by atoms with van der Waals surface area (Å²) in [4.78, 5) is 26.9. The van der Waals surface area contributed by atoms with Crippen LogP contribution >= 0.6 is 11.8 Å². The number of halogens is 2. The third kappa shape index (κ3) is 6.46. The van der Waals surface area contributed by atoms with E-state index >= 15 is 0 Å². The second-order valence-electron chi connectivity index (χ2n) is 6.85. The zero-order valence-corrected chi connectivity index (χ0v) is 18.5. The third-order valence-electron chi connectivity index (χ3n) is 4.65. The van der Waals surface area contributed by atoms with Crippen LogP contribution in [0, 0.1) is 11.3 Å². The fourth-order valence-corrected chi connectivity index (χ4v) is 4.25. The number of carbonyl (C=O) groups excluding carboxylic acids is 2. The Hall–Kier alpha value is -3.58. The molecule has 1 unspecified atom stereocenters. The first kappa shape index (κ1) is 24.1. The van der Waals surface area contributed by atoms with Crippen molar-refractivity contribution in [3.05, 3.63) is 59.7 Å². The van der Waals surface area contributed by atoms with Gasteiger partial charge in [-0.3, -0.25) is 9.59 Å². The van der Waals surface area contributed by atoms with Crippen molar-refractivity contribution in [3.8, 4) is 17.6 Å². The number of nitriles is 1. The number of nitrogens with zero attached hydrogens (tertiary/aromatic N) is 2. The first-order chi connectivity index (χ1) is 15.9. The van der Waals surface area contributed by atoms with Crippen LogP contribution in [0.25, 0.3) is 6.08 Å². The predicted molar refractivity (Wildman–Crippen MR) is 121 cm³/mol. The van der Waals surface area contributed by atoms with Gasteiger partial charge in [0.15, 0.2) is 11.5 Å². The van der Waals surface area contributed by atoms with Gasteiger partial charge in [-0.05, 0) is 55.0 Å². The molecule has 1 aliphatic rings. The number of rotatable bonds is 8. The number of hydrogen-bond acceptors (Lipinski definition) is 6. The van der Waals surface area contributed by atoms with Crippen LogP contribution in [0.15, 0.2) is 48.5 Å². The van der Waals surface area contributed by atoms with Crippen molar-refractivity contribution in [1.82, 2.24) is 4.90 Å². The predicted octanol–water partition coefficient (Wildman–Crippen LogP) is 4.11. The first-order valence-electron chi connectivity index (χ1n) is 10.0. The van der Waals surface area contributed by atoms with Gasteiger partial charge in [-0.1, -0.05) is 6.07 Å². The molecular weight excluding hydrogens is 452 g/mol. The smallest absolute Gasteiger partial charge is 0.387 e. The second kappa shape index (κ2) is 11.3. The maximum atomic E-state index is 12.7. The molecule has 3 rings (SSSR count). The summed E-state index contributed by atoms with van der Waals surface area (Å²) in [5, 5.41) is 11.6. The van der Waals surface area contributed by atoms with Gasteiger partial charge in [-0.15, -0.1) is 11.8 Å². The van der Waals surface area contributed by atoms with Crippen molar-refractivity contribution >= 4 is 35.3 Å². The summed E-state index contributed by atoms with van der Waals surface area (Å²) in [6.07, 6.45) is 2.85. The molecule has 1 aliphatic heterocycles. The summed E-state index contributed by atoms with van der Waals surface area (Å²) in [5.41, 5.74) is 1.57. The second-order valence-corrected chi connectivity index (χ2v) is 7.85. The molecule has 1 heterocycles. The molecule has 172 valence electrons. The lowest BCUT2D eigenvalue weighted by atomic mass is 10.1. The van der Waals surface area contributed by atoms with Crippen molar-refractivity contribution in [2.24, 2.45) is 0 Å². The number of nitrogens with one attached hydrogen (secondary N) is 1. The monoisotopic (exact) mass is 473 g/mol. The molecule has 1 saturated heterocycles. The fraction of sp³-hybridized carbons (Fsp3) is 0.261. The quantitative estimate of drug-likeness (QED) is 0.580. The maximum Gasteiger partial charge on any atom is 0.387 e. The Morgan fingerprint density at radius 1 is 1.27 bits per heavy atom. The molecule has 1 atom stereocenters. The number of amides is 2. The molecule has 1 fully saturated rings. The first-order valence-corrected chi connectivity index (χ1v) is 11.2. The van der Waals surface area contributed by atoms with E-state index in [1.165, 1.54) is 47.0 Å². The third-order valence-corrected chi connectivity index (χ3v) is 5.66. The number of hydrogen-bond donors (Lipinski definition) is 1. The van der Waals surface area contributed by atoms with Gasteiger partial charge in [-0.2, -0.15) is 14.0 Å². The van der Waals surface area contributed by atoms with E-state index in [4.69, 9.17) is 10.00 Å². The molecule has 0 spiro atoms. The number of benzene rings is 2. The van der Waals surface area contributed by atoms with Crippen LogP contribution in [0.5, 0.6) is 11.5 Å². The minimum Gasteiger partial charge on any atom is -0.490 e. The van der Waals surface area contributed by atoms with Crippen molar-refractivity contribution < 1.29 is 27.8 Å². The van der Waals surface area contributed by atoms with Crippen LogP contribution in [0.1, 0.15) is 18.1 Å². The lowest BCUT2D eigenvalue weighted by Gasteiger charge is -2.21. The van der Waals surface area contributed by atoms with E-state index in [-0.39, 0.29) is 29.9 Å². The van der Waals surface area contributed by atoms with Crippen LogP contribution in [0.4, 0.5) is 14.5 Å². The fourth-order valence-electron chi connectivity index (χ4n) is 3.08. The molecule has 0 saturated carbocycles. The van der Waals surface area contributed by atoms with Gasteiger partial charge in [0.25, 0.3) is 0 Å². The molecule has 2 aromatic carbocycles. The van der Waals surface area contributed by atoms with Gasteiger partial charge in [0.1, 0.15) is 6.04 Å². The van der Waals surface area contributed by atoms with Crippen LogP contribution in [-0.2, 0) is 9.59 Å². The molecule has 0 aromatic heterocycles. The van der Waals surface area contributed by atoms with E-state index in [1.807, 2.05) is 6.07 Å². The Kier molecular flexibility index (Phi) is 8.27. The summed E-state index contributed by atoms with van der Waals surface area (Å²) >= 11 is 1.46. The minimum atomic E-state index is -2.98. The van der Waals surface area contributed by atoms with Gasteiger partial charge >= 0.3 is 6.61 Å². The Balaban J connectivity index is 1.67. The lowest BCUT2D eigenvalue weighted by molar-refractivity contribution is -0.132. The molecule has 0 bridgehead atoms.